The molecular weight excluding hydrogens is 348 g/mol. The highest BCUT2D eigenvalue weighted by molar-refractivity contribution is 7.90. The van der Waals surface area contributed by atoms with Gasteiger partial charge >= 0.3 is 6.16 Å². The molecule has 0 spiro atoms. The molecule has 0 aliphatic heterocycles. The van der Waals surface area contributed by atoms with Gasteiger partial charge < -0.3 is 9.47 Å². The van der Waals surface area contributed by atoms with Crippen molar-refractivity contribution in [3.63, 3.8) is 0 Å². The summed E-state index contributed by atoms with van der Waals surface area (Å²) in [6, 6.07) is 2.61. The second-order valence-corrected chi connectivity index (χ2v) is 7.24. The van der Waals surface area contributed by atoms with Gasteiger partial charge in [-0.05, 0) is 25.3 Å². The maximum atomic E-state index is 11.9. The molecule has 9 heteroatoms. The van der Waals surface area contributed by atoms with Crippen LogP contribution in [0.4, 0.5) is 4.79 Å². The van der Waals surface area contributed by atoms with E-state index in [-0.39, 0.29) is 23.3 Å². The molecule has 0 fully saturated rings. The van der Waals surface area contributed by atoms with Crippen molar-refractivity contribution in [3.8, 4) is 5.88 Å². The lowest BCUT2D eigenvalue weighted by Gasteiger charge is -2.13. The quantitative estimate of drug-likeness (QED) is 0.663. The van der Waals surface area contributed by atoms with Crippen LogP contribution in [0.3, 0.4) is 0 Å². The molecule has 1 N–H and O–H groups in total. The van der Waals surface area contributed by atoms with Gasteiger partial charge in [-0.25, -0.2) is 22.9 Å². The van der Waals surface area contributed by atoms with Crippen LogP contribution >= 0.6 is 0 Å². The number of aromatic nitrogens is 1. The maximum absolute atomic E-state index is 11.9. The van der Waals surface area contributed by atoms with Gasteiger partial charge in [0.1, 0.15) is 6.10 Å². The number of pyridine rings is 1. The molecule has 0 saturated carbocycles. The summed E-state index contributed by atoms with van der Waals surface area (Å²) in [5, 5.41) is 0. The molecule has 0 radical (unpaired) electrons. The second-order valence-electron chi connectivity index (χ2n) is 5.40. The molecule has 1 heterocycles. The van der Waals surface area contributed by atoms with Gasteiger partial charge in [0.25, 0.3) is 5.91 Å². The van der Waals surface area contributed by atoms with Crippen molar-refractivity contribution in [1.29, 1.82) is 0 Å². The summed E-state index contributed by atoms with van der Waals surface area (Å²) in [5.74, 6) is -0.942. The predicted octanol–water partition coefficient (Wildman–Crippen LogP) is 2.65. The topological polar surface area (TPSA) is 112 Å². The third-order valence-corrected chi connectivity index (χ3v) is 4.70. The normalized spacial score (nSPS) is 11.2. The van der Waals surface area contributed by atoms with Gasteiger partial charge in [-0.3, -0.25) is 4.79 Å². The molecule has 1 amide bonds. The fraction of sp³-hybridized carbons (Fsp3) is 0.562. The molecule has 0 aliphatic rings. The Morgan fingerprint density at radius 1 is 1.20 bits per heavy atom. The lowest BCUT2D eigenvalue weighted by atomic mass is 10.2. The lowest BCUT2D eigenvalue weighted by Crippen LogP contribution is -2.32. The first-order valence-electron chi connectivity index (χ1n) is 8.20. The fourth-order valence-corrected chi connectivity index (χ4v) is 3.03. The zero-order valence-electron chi connectivity index (χ0n) is 14.6. The first-order valence-corrected chi connectivity index (χ1v) is 9.85. The molecule has 0 aromatic carbocycles. The summed E-state index contributed by atoms with van der Waals surface area (Å²) in [5.41, 5.74) is 0.0424. The van der Waals surface area contributed by atoms with Crippen LogP contribution in [0.1, 0.15) is 56.8 Å². The van der Waals surface area contributed by atoms with Crippen molar-refractivity contribution in [1.82, 2.24) is 9.71 Å². The summed E-state index contributed by atoms with van der Waals surface area (Å²) >= 11 is 0. The Kier molecular flexibility index (Phi) is 8.33. The van der Waals surface area contributed by atoms with Crippen LogP contribution in [0.15, 0.2) is 18.3 Å². The first kappa shape index (κ1) is 20.9. The second kappa shape index (κ2) is 9.97. The molecule has 0 saturated heterocycles. The molecule has 0 bridgehead atoms. The van der Waals surface area contributed by atoms with Crippen LogP contribution in [0.2, 0.25) is 0 Å². The van der Waals surface area contributed by atoms with E-state index in [0.29, 0.717) is 25.7 Å². The van der Waals surface area contributed by atoms with E-state index in [1.807, 2.05) is 25.5 Å². The number of unbranched alkanes of at least 4 members (excludes halogenated alkanes) is 1. The Hall–Kier alpha value is -2.16. The Labute approximate surface area is 148 Å². The van der Waals surface area contributed by atoms with Crippen molar-refractivity contribution in [2.75, 3.05) is 5.75 Å². The van der Waals surface area contributed by atoms with Gasteiger partial charge in [0.05, 0.1) is 11.3 Å². The third-order valence-electron chi connectivity index (χ3n) is 3.37. The van der Waals surface area contributed by atoms with Gasteiger partial charge in [0.15, 0.2) is 0 Å². The zero-order valence-corrected chi connectivity index (χ0v) is 15.5. The summed E-state index contributed by atoms with van der Waals surface area (Å²) in [4.78, 5) is 27.3. The zero-order chi connectivity index (χ0) is 18.9. The van der Waals surface area contributed by atoms with E-state index in [2.05, 4.69) is 4.98 Å². The number of nitrogens with one attached hydrogen (secondary N) is 1. The molecule has 25 heavy (non-hydrogen) atoms. The Morgan fingerprint density at radius 2 is 1.88 bits per heavy atom. The van der Waals surface area contributed by atoms with E-state index in [1.54, 1.807) is 0 Å². The number of rotatable bonds is 9. The van der Waals surface area contributed by atoms with Crippen molar-refractivity contribution < 1.29 is 27.5 Å². The van der Waals surface area contributed by atoms with Crippen LogP contribution in [0.25, 0.3) is 0 Å². The van der Waals surface area contributed by atoms with E-state index in [9.17, 15) is 18.0 Å². The van der Waals surface area contributed by atoms with E-state index < -0.39 is 22.1 Å². The van der Waals surface area contributed by atoms with Crippen LogP contribution in [-0.2, 0) is 14.8 Å². The number of amides is 1. The average Bonchev–Trinajstić information content (AvgIpc) is 2.58. The van der Waals surface area contributed by atoms with E-state index in [0.717, 1.165) is 6.20 Å². The van der Waals surface area contributed by atoms with Gasteiger partial charge in [0, 0.05) is 12.3 Å². The number of hydrogen-bond donors (Lipinski definition) is 1. The maximum Gasteiger partial charge on any atom is 0.515 e. The SMILES string of the molecule is CCCCS(=O)(=O)NC(=O)c1ccc(OC(=O)OC(CC)CC)nc1. The molecule has 1 rings (SSSR count). The van der Waals surface area contributed by atoms with Gasteiger partial charge in [-0.1, -0.05) is 27.2 Å². The summed E-state index contributed by atoms with van der Waals surface area (Å²) in [6.45, 7) is 5.64. The molecule has 0 aliphatic carbocycles. The number of ether oxygens (including phenoxy) is 2. The van der Waals surface area contributed by atoms with E-state index >= 15 is 0 Å². The Balaban J connectivity index is 2.63. The number of nitrogens with zero attached hydrogens (tertiary/aromatic N) is 1. The lowest BCUT2D eigenvalue weighted by molar-refractivity contribution is 0.0538. The first-order chi connectivity index (χ1) is 11.8. The van der Waals surface area contributed by atoms with Crippen LogP contribution in [0, 0.1) is 0 Å². The van der Waals surface area contributed by atoms with Crippen LogP contribution < -0.4 is 9.46 Å². The van der Waals surface area contributed by atoms with Crippen LogP contribution in [-0.4, -0.2) is 37.3 Å². The number of hydrogen-bond acceptors (Lipinski definition) is 7. The number of carbonyl (C=O) groups is 2. The van der Waals surface area contributed by atoms with Crippen molar-refractivity contribution in [3.05, 3.63) is 23.9 Å². The minimum absolute atomic E-state index is 0.0404. The summed E-state index contributed by atoms with van der Waals surface area (Å²) in [7, 11) is -3.67. The van der Waals surface area contributed by atoms with Crippen molar-refractivity contribution in [2.24, 2.45) is 0 Å². The highest BCUT2D eigenvalue weighted by Gasteiger charge is 2.17. The highest BCUT2D eigenvalue weighted by Crippen LogP contribution is 2.11. The van der Waals surface area contributed by atoms with Crippen molar-refractivity contribution >= 4 is 22.1 Å². The molecule has 0 unspecified atom stereocenters. The third kappa shape index (κ3) is 7.51. The van der Waals surface area contributed by atoms with E-state index in [4.69, 9.17) is 9.47 Å². The molecule has 1 aromatic rings. The molecule has 8 nitrogen and oxygen atoms in total. The Bertz CT molecular complexity index is 668. The van der Waals surface area contributed by atoms with E-state index in [1.165, 1.54) is 12.1 Å². The number of carbonyl (C=O) groups excluding carboxylic acids is 2. The van der Waals surface area contributed by atoms with Crippen LogP contribution in [0.5, 0.6) is 5.88 Å². The van der Waals surface area contributed by atoms with Crippen molar-refractivity contribution in [2.45, 2.75) is 52.6 Å². The summed E-state index contributed by atoms with van der Waals surface area (Å²) in [6.07, 6.45) is 2.54. The minimum Gasteiger partial charge on any atom is -0.431 e. The van der Waals surface area contributed by atoms with Gasteiger partial charge in [-0.2, -0.15) is 0 Å². The standard InChI is InChI=1S/C16H24N2O6S/c1-4-7-10-25(21,22)18-15(19)12-8-9-14(17-11-12)24-16(20)23-13(5-2)6-3/h8-9,11,13H,4-7,10H2,1-3H3,(H,18,19). The molecule has 0 atom stereocenters. The highest BCUT2D eigenvalue weighted by atomic mass is 32.2. The Morgan fingerprint density at radius 3 is 2.40 bits per heavy atom. The molecule has 140 valence electrons. The predicted molar refractivity (Wildman–Crippen MR) is 91.9 cm³/mol. The molecule has 1 aromatic heterocycles. The minimum atomic E-state index is -3.67. The van der Waals surface area contributed by atoms with Gasteiger partial charge in [-0.15, -0.1) is 0 Å². The largest absolute Gasteiger partial charge is 0.515 e. The monoisotopic (exact) mass is 372 g/mol. The smallest absolute Gasteiger partial charge is 0.431 e. The van der Waals surface area contributed by atoms with Gasteiger partial charge in [0.2, 0.25) is 15.9 Å². The fourth-order valence-electron chi connectivity index (χ4n) is 1.86. The summed E-state index contributed by atoms with van der Waals surface area (Å²) < 4.78 is 35.4. The number of sulfonamides is 1. The average molecular weight is 372 g/mol. The molecular formula is C16H24N2O6S.